The number of esters is 1. The second-order valence-electron chi connectivity index (χ2n) is 2.97. The molecule has 0 bridgehead atoms. The van der Waals surface area contributed by atoms with Gasteiger partial charge in [-0.2, -0.15) is 0 Å². The third-order valence-corrected chi connectivity index (χ3v) is 1.75. The fourth-order valence-corrected chi connectivity index (χ4v) is 1.15. The van der Waals surface area contributed by atoms with Crippen molar-refractivity contribution in [3.63, 3.8) is 0 Å². The molecule has 90 valence electrons. The van der Waals surface area contributed by atoms with Crippen LogP contribution in [0.25, 0.3) is 0 Å². The maximum Gasteiger partial charge on any atom is 0.412 e. The maximum atomic E-state index is 11.4. The van der Waals surface area contributed by atoms with Gasteiger partial charge in [0.15, 0.2) is 0 Å². The van der Waals surface area contributed by atoms with Crippen LogP contribution in [0.15, 0.2) is 30.3 Å². The van der Waals surface area contributed by atoms with Crippen LogP contribution < -0.4 is 11.5 Å². The van der Waals surface area contributed by atoms with Crippen molar-refractivity contribution in [2.75, 3.05) is 0 Å². The standard InChI is InChI=1S/C10H10N2O5/c11-9(14)16-7(8(13)17-10(12)15)6-4-2-1-3-5-6/h1-5,7H,(H2,11,14)(H2,12,15). The monoisotopic (exact) mass is 238 g/mol. The average Bonchev–Trinajstić information content (AvgIpc) is 2.25. The van der Waals surface area contributed by atoms with Gasteiger partial charge in [-0.1, -0.05) is 30.3 Å². The first kappa shape index (κ1) is 12.5. The number of carbonyl (C=O) groups excluding carboxylic acids is 3. The summed E-state index contributed by atoms with van der Waals surface area (Å²) in [6.45, 7) is 0. The van der Waals surface area contributed by atoms with Gasteiger partial charge in [0.2, 0.25) is 6.10 Å². The van der Waals surface area contributed by atoms with Crippen LogP contribution in [0.4, 0.5) is 9.59 Å². The Balaban J connectivity index is 2.92. The Bertz CT molecular complexity index is 432. The van der Waals surface area contributed by atoms with Gasteiger partial charge in [-0.15, -0.1) is 0 Å². The summed E-state index contributed by atoms with van der Waals surface area (Å²) in [6.07, 6.45) is -3.87. The van der Waals surface area contributed by atoms with E-state index in [0.29, 0.717) is 5.56 Å². The van der Waals surface area contributed by atoms with E-state index < -0.39 is 24.3 Å². The smallest absolute Gasteiger partial charge is 0.412 e. The van der Waals surface area contributed by atoms with Gasteiger partial charge in [-0.25, -0.2) is 14.4 Å². The Morgan fingerprint density at radius 1 is 1.00 bits per heavy atom. The number of hydrogen-bond acceptors (Lipinski definition) is 5. The van der Waals surface area contributed by atoms with E-state index in [1.54, 1.807) is 18.2 Å². The van der Waals surface area contributed by atoms with Gasteiger partial charge < -0.3 is 20.9 Å². The van der Waals surface area contributed by atoms with Crippen LogP contribution in [0, 0.1) is 0 Å². The van der Waals surface area contributed by atoms with E-state index in [1.807, 2.05) is 0 Å². The Labute approximate surface area is 96.3 Å². The molecule has 1 atom stereocenters. The Morgan fingerprint density at radius 2 is 1.59 bits per heavy atom. The number of nitrogens with two attached hydrogens (primary N) is 2. The first-order chi connectivity index (χ1) is 8.00. The fraction of sp³-hybridized carbons (Fsp3) is 0.100. The summed E-state index contributed by atoms with van der Waals surface area (Å²) in [7, 11) is 0. The van der Waals surface area contributed by atoms with Crippen LogP contribution in [0.1, 0.15) is 11.7 Å². The molecule has 0 aromatic heterocycles. The quantitative estimate of drug-likeness (QED) is 0.584. The van der Waals surface area contributed by atoms with Gasteiger partial charge in [0.1, 0.15) is 0 Å². The van der Waals surface area contributed by atoms with Gasteiger partial charge in [0.05, 0.1) is 0 Å². The van der Waals surface area contributed by atoms with Crippen LogP contribution in [-0.4, -0.2) is 18.2 Å². The summed E-state index contributed by atoms with van der Waals surface area (Å²) in [5, 5.41) is 0. The summed E-state index contributed by atoms with van der Waals surface area (Å²) in [5.74, 6) is -1.11. The SMILES string of the molecule is NC(=O)OC(=O)C(OC(N)=O)c1ccccc1. The maximum absolute atomic E-state index is 11.4. The normalized spacial score (nSPS) is 11.3. The van der Waals surface area contributed by atoms with Crippen molar-refractivity contribution in [3.05, 3.63) is 35.9 Å². The summed E-state index contributed by atoms with van der Waals surface area (Å²) >= 11 is 0. The molecule has 0 heterocycles. The number of benzene rings is 1. The van der Waals surface area contributed by atoms with Crippen molar-refractivity contribution in [2.24, 2.45) is 11.5 Å². The molecule has 0 radical (unpaired) electrons. The molecular weight excluding hydrogens is 228 g/mol. The number of amides is 2. The average molecular weight is 238 g/mol. The second kappa shape index (κ2) is 5.50. The molecule has 17 heavy (non-hydrogen) atoms. The molecule has 1 aromatic rings. The molecule has 0 fully saturated rings. The topological polar surface area (TPSA) is 122 Å². The van der Waals surface area contributed by atoms with E-state index in [1.165, 1.54) is 12.1 Å². The highest BCUT2D eigenvalue weighted by Crippen LogP contribution is 2.18. The third-order valence-electron chi connectivity index (χ3n) is 1.75. The molecule has 0 aliphatic heterocycles. The summed E-state index contributed by atoms with van der Waals surface area (Å²) in [6, 6.07) is 7.95. The largest absolute Gasteiger partial charge is 0.429 e. The third kappa shape index (κ3) is 3.82. The lowest BCUT2D eigenvalue weighted by Crippen LogP contribution is -2.28. The number of ether oxygens (including phenoxy) is 2. The van der Waals surface area contributed by atoms with Gasteiger partial charge in [0.25, 0.3) is 0 Å². The molecular formula is C10H10N2O5. The van der Waals surface area contributed by atoms with Gasteiger partial charge in [-0.3, -0.25) is 0 Å². The lowest BCUT2D eigenvalue weighted by Gasteiger charge is -2.14. The summed E-state index contributed by atoms with van der Waals surface area (Å²) in [5.41, 5.74) is 9.82. The fourth-order valence-electron chi connectivity index (χ4n) is 1.15. The van der Waals surface area contributed by atoms with E-state index >= 15 is 0 Å². The van der Waals surface area contributed by atoms with Gasteiger partial charge in [0, 0.05) is 5.56 Å². The lowest BCUT2D eigenvalue weighted by molar-refractivity contribution is -0.147. The number of primary amides is 2. The van der Waals surface area contributed by atoms with Crippen molar-refractivity contribution < 1.29 is 23.9 Å². The summed E-state index contributed by atoms with van der Waals surface area (Å²) in [4.78, 5) is 32.5. The molecule has 2 amide bonds. The van der Waals surface area contributed by atoms with Crippen molar-refractivity contribution in [1.29, 1.82) is 0 Å². The van der Waals surface area contributed by atoms with Crippen LogP contribution >= 0.6 is 0 Å². The molecule has 4 N–H and O–H groups in total. The van der Waals surface area contributed by atoms with E-state index in [0.717, 1.165) is 0 Å². The number of rotatable bonds is 3. The van der Waals surface area contributed by atoms with Crippen LogP contribution in [0.2, 0.25) is 0 Å². The molecule has 1 aromatic carbocycles. The molecule has 0 aliphatic rings. The molecule has 0 aliphatic carbocycles. The predicted molar refractivity (Wildman–Crippen MR) is 55.5 cm³/mol. The van der Waals surface area contributed by atoms with Crippen molar-refractivity contribution in [2.45, 2.75) is 6.10 Å². The lowest BCUT2D eigenvalue weighted by atomic mass is 10.1. The van der Waals surface area contributed by atoms with E-state index in [-0.39, 0.29) is 0 Å². The highest BCUT2D eigenvalue weighted by atomic mass is 16.6. The molecule has 7 nitrogen and oxygen atoms in total. The zero-order chi connectivity index (χ0) is 12.8. The van der Waals surface area contributed by atoms with E-state index in [4.69, 9.17) is 5.73 Å². The molecule has 0 saturated heterocycles. The molecule has 0 saturated carbocycles. The zero-order valence-electron chi connectivity index (χ0n) is 8.66. The van der Waals surface area contributed by atoms with E-state index in [9.17, 15) is 14.4 Å². The van der Waals surface area contributed by atoms with Gasteiger partial charge in [-0.05, 0) is 0 Å². The molecule has 7 heteroatoms. The van der Waals surface area contributed by atoms with Crippen LogP contribution in [0.5, 0.6) is 0 Å². The minimum absolute atomic E-state index is 0.317. The van der Waals surface area contributed by atoms with Gasteiger partial charge >= 0.3 is 18.2 Å². The highest BCUT2D eigenvalue weighted by molar-refractivity contribution is 5.88. The Morgan fingerprint density at radius 3 is 2.06 bits per heavy atom. The van der Waals surface area contributed by atoms with Crippen LogP contribution in [-0.2, 0) is 14.3 Å². The summed E-state index contributed by atoms with van der Waals surface area (Å²) < 4.78 is 8.69. The highest BCUT2D eigenvalue weighted by Gasteiger charge is 2.27. The second-order valence-corrected chi connectivity index (χ2v) is 2.97. The zero-order valence-corrected chi connectivity index (χ0v) is 8.66. The number of hydrogen-bond donors (Lipinski definition) is 2. The Kier molecular flexibility index (Phi) is 4.04. The molecule has 0 spiro atoms. The van der Waals surface area contributed by atoms with E-state index in [2.05, 4.69) is 15.2 Å². The Hall–Kier alpha value is -2.57. The molecule has 1 unspecified atom stereocenters. The van der Waals surface area contributed by atoms with Crippen molar-refractivity contribution in [1.82, 2.24) is 0 Å². The first-order valence-electron chi connectivity index (χ1n) is 4.53. The number of carbonyl (C=O) groups is 3. The van der Waals surface area contributed by atoms with Crippen molar-refractivity contribution in [3.8, 4) is 0 Å². The van der Waals surface area contributed by atoms with Crippen molar-refractivity contribution >= 4 is 18.2 Å². The molecule has 1 rings (SSSR count). The van der Waals surface area contributed by atoms with Crippen LogP contribution in [0.3, 0.4) is 0 Å². The first-order valence-corrected chi connectivity index (χ1v) is 4.53. The predicted octanol–water partition coefficient (Wildman–Crippen LogP) is 0.445. The minimum Gasteiger partial charge on any atom is -0.429 e. The minimum atomic E-state index is -1.42.